The van der Waals surface area contributed by atoms with E-state index in [4.69, 9.17) is 21.7 Å². The van der Waals surface area contributed by atoms with Crippen LogP contribution in [0.15, 0.2) is 158 Å². The molecule has 82 heavy (non-hydrogen) atoms. The van der Waals surface area contributed by atoms with Gasteiger partial charge < -0.3 is 47.7 Å². The molecule has 8 rings (SSSR count). The van der Waals surface area contributed by atoms with Crippen molar-refractivity contribution in [1.82, 2.24) is 34.8 Å². The van der Waals surface area contributed by atoms with Crippen LogP contribution in [-0.4, -0.2) is 95.0 Å². The third-order valence-corrected chi connectivity index (χ3v) is 13.7. The molecule has 4 heterocycles. The fourth-order valence-corrected chi connectivity index (χ4v) is 9.04. The van der Waals surface area contributed by atoms with Crippen molar-refractivity contribution in [3.8, 4) is 45.4 Å². The number of hydrogen-bond acceptors (Lipinski definition) is 12. The maximum atomic E-state index is 12.6. The molecule has 19 heteroatoms. The summed E-state index contributed by atoms with van der Waals surface area (Å²) in [5.41, 5.74) is 20.4. The SMILES string of the molecule is CC(=O)N(CCCNc1cc(-c2ccncc2)nn1-c1ccc(C(C)(C)C)cc1)[C@@H](Cc1ccc(O)cc1)C(N)=O.CC(C)(C)c1ccc(-n2nc(-c3cc[n+]([O-])cc3)cc2NCCCC(=O)N[C@@H](Cc2ccc(O)cc2)C(N)=O)cc1. The van der Waals surface area contributed by atoms with Gasteiger partial charge in [-0.1, -0.05) is 90.1 Å². The van der Waals surface area contributed by atoms with E-state index in [2.05, 4.69) is 98.9 Å². The summed E-state index contributed by atoms with van der Waals surface area (Å²) in [5.74, 6) is 0.108. The Morgan fingerprint density at radius 3 is 1.51 bits per heavy atom. The number of benzene rings is 4. The van der Waals surface area contributed by atoms with Crippen LogP contribution in [0.1, 0.15) is 90.0 Å². The summed E-state index contributed by atoms with van der Waals surface area (Å²) >= 11 is 0. The topological polar surface area (TPSA) is 276 Å². The molecule has 0 fully saturated rings. The monoisotopic (exact) mass is 1110 g/mol. The minimum absolute atomic E-state index is 0.0186. The molecule has 428 valence electrons. The Bertz CT molecular complexity index is 3390. The number of nitrogens with one attached hydrogen (secondary N) is 3. The van der Waals surface area contributed by atoms with Crippen LogP contribution in [0, 0.1) is 5.21 Å². The van der Waals surface area contributed by atoms with Crippen LogP contribution in [-0.2, 0) is 42.8 Å². The maximum absolute atomic E-state index is 12.6. The fourth-order valence-electron chi connectivity index (χ4n) is 9.04. The summed E-state index contributed by atoms with van der Waals surface area (Å²) < 4.78 is 4.41. The summed E-state index contributed by atoms with van der Waals surface area (Å²) in [6, 6.07) is 39.1. The van der Waals surface area contributed by atoms with Gasteiger partial charge >= 0.3 is 0 Å². The number of nitrogens with zero attached hydrogens (tertiary/aromatic N) is 7. The highest BCUT2D eigenvalue weighted by Crippen LogP contribution is 2.30. The summed E-state index contributed by atoms with van der Waals surface area (Å²) in [4.78, 5) is 55.0. The first-order chi connectivity index (χ1) is 39.0. The minimum Gasteiger partial charge on any atom is -0.619 e. The Labute approximate surface area is 478 Å². The molecule has 19 nitrogen and oxygen atoms in total. The van der Waals surface area contributed by atoms with E-state index in [0.717, 1.165) is 55.7 Å². The number of nitrogens with two attached hydrogens (primary N) is 2. The van der Waals surface area contributed by atoms with Crippen molar-refractivity contribution in [3.05, 3.63) is 186 Å². The van der Waals surface area contributed by atoms with Gasteiger partial charge in [-0.25, -0.2) is 9.36 Å². The van der Waals surface area contributed by atoms with Crippen molar-refractivity contribution in [2.45, 2.75) is 103 Å². The molecule has 0 aliphatic carbocycles. The molecule has 0 bridgehead atoms. The van der Waals surface area contributed by atoms with E-state index in [9.17, 15) is 34.6 Å². The van der Waals surface area contributed by atoms with Gasteiger partial charge in [-0.05, 0) is 107 Å². The normalized spacial score (nSPS) is 12.1. The summed E-state index contributed by atoms with van der Waals surface area (Å²) in [7, 11) is 0. The molecule has 4 aromatic heterocycles. The van der Waals surface area contributed by atoms with Gasteiger partial charge in [0.05, 0.1) is 22.8 Å². The van der Waals surface area contributed by atoms with Gasteiger partial charge in [0.15, 0.2) is 12.4 Å². The molecule has 0 aliphatic rings. The van der Waals surface area contributed by atoms with Crippen molar-refractivity contribution in [1.29, 1.82) is 0 Å². The van der Waals surface area contributed by atoms with Crippen molar-refractivity contribution in [2.24, 2.45) is 11.5 Å². The van der Waals surface area contributed by atoms with E-state index in [1.54, 1.807) is 65.6 Å². The second-order valence-corrected chi connectivity index (χ2v) is 22.1. The summed E-state index contributed by atoms with van der Waals surface area (Å²) in [6.07, 6.45) is 8.12. The van der Waals surface area contributed by atoms with E-state index in [0.29, 0.717) is 38.2 Å². The quantitative estimate of drug-likeness (QED) is 0.0192. The number of carbonyl (C=O) groups excluding carboxylic acids is 4. The minimum atomic E-state index is -0.848. The second-order valence-electron chi connectivity index (χ2n) is 22.1. The first-order valence-corrected chi connectivity index (χ1v) is 27.2. The highest BCUT2D eigenvalue weighted by atomic mass is 16.5. The number of carbonyl (C=O) groups is 4. The van der Waals surface area contributed by atoms with Crippen LogP contribution in [0.2, 0.25) is 0 Å². The lowest BCUT2D eigenvalue weighted by molar-refractivity contribution is -0.605. The molecule has 0 saturated heterocycles. The first kappa shape index (κ1) is 60.1. The first-order valence-electron chi connectivity index (χ1n) is 27.2. The molecule has 4 amide bonds. The number of phenolic OH excluding ortho intramolecular Hbond substituents is 2. The van der Waals surface area contributed by atoms with Gasteiger partial charge in [0, 0.05) is 93.6 Å². The summed E-state index contributed by atoms with van der Waals surface area (Å²) in [6.45, 7) is 15.8. The van der Waals surface area contributed by atoms with Crippen LogP contribution in [0.4, 0.5) is 11.6 Å². The Kier molecular flexibility index (Phi) is 19.9. The van der Waals surface area contributed by atoms with Crippen LogP contribution in [0.25, 0.3) is 33.9 Å². The van der Waals surface area contributed by atoms with E-state index in [1.807, 2.05) is 41.1 Å². The lowest BCUT2D eigenvalue weighted by atomic mass is 9.87. The zero-order chi connectivity index (χ0) is 59.1. The predicted octanol–water partition coefficient (Wildman–Crippen LogP) is 8.27. The van der Waals surface area contributed by atoms with E-state index in [-0.39, 0.29) is 53.4 Å². The number of anilines is 2. The van der Waals surface area contributed by atoms with Crippen LogP contribution in [0.5, 0.6) is 11.5 Å². The molecular weight excluding hydrogens is 1040 g/mol. The Hall–Kier alpha value is -9.52. The largest absolute Gasteiger partial charge is 0.619 e. The number of pyridine rings is 2. The van der Waals surface area contributed by atoms with Crippen LogP contribution in [0.3, 0.4) is 0 Å². The number of hydrogen-bond donors (Lipinski definition) is 7. The number of rotatable bonds is 22. The van der Waals surface area contributed by atoms with Gasteiger partial charge in [-0.2, -0.15) is 14.9 Å². The van der Waals surface area contributed by atoms with E-state index >= 15 is 0 Å². The maximum Gasteiger partial charge on any atom is 0.240 e. The molecular formula is C63H74N12O7. The predicted molar refractivity (Wildman–Crippen MR) is 318 cm³/mol. The third kappa shape index (κ3) is 16.8. The van der Waals surface area contributed by atoms with Gasteiger partial charge in [0.1, 0.15) is 35.2 Å². The third-order valence-electron chi connectivity index (χ3n) is 13.7. The van der Waals surface area contributed by atoms with Crippen molar-refractivity contribution in [3.63, 3.8) is 0 Å². The number of phenols is 2. The van der Waals surface area contributed by atoms with Crippen LogP contribution >= 0.6 is 0 Å². The highest BCUT2D eigenvalue weighted by molar-refractivity contribution is 5.87. The van der Waals surface area contributed by atoms with Crippen molar-refractivity contribution >= 4 is 35.3 Å². The lowest BCUT2D eigenvalue weighted by Gasteiger charge is -2.29. The zero-order valence-electron chi connectivity index (χ0n) is 47.5. The molecule has 9 N–H and O–H groups in total. The number of aromatic nitrogens is 6. The van der Waals surface area contributed by atoms with Crippen molar-refractivity contribution < 1.29 is 34.1 Å². The van der Waals surface area contributed by atoms with Gasteiger partial charge in [-0.15, -0.1) is 0 Å². The Balaban J connectivity index is 0.000000236. The number of amides is 4. The molecule has 2 atom stereocenters. The van der Waals surface area contributed by atoms with E-state index < -0.39 is 23.9 Å². The average Bonchev–Trinajstić information content (AvgIpc) is 4.09. The molecule has 0 saturated carbocycles. The van der Waals surface area contributed by atoms with Crippen LogP contribution < -0.4 is 32.1 Å². The smallest absolute Gasteiger partial charge is 0.240 e. The van der Waals surface area contributed by atoms with Crippen molar-refractivity contribution in [2.75, 3.05) is 30.3 Å². The van der Waals surface area contributed by atoms with E-state index in [1.165, 1.54) is 47.5 Å². The lowest BCUT2D eigenvalue weighted by Crippen LogP contribution is -2.49. The molecule has 0 spiro atoms. The molecule has 4 aromatic carbocycles. The van der Waals surface area contributed by atoms with Gasteiger partial charge in [-0.3, -0.25) is 24.2 Å². The molecule has 0 radical (unpaired) electrons. The molecule has 8 aromatic rings. The summed E-state index contributed by atoms with van der Waals surface area (Å²) in [5, 5.41) is 49.7. The molecule has 0 aliphatic heterocycles. The Morgan fingerprint density at radius 1 is 0.622 bits per heavy atom. The highest BCUT2D eigenvalue weighted by Gasteiger charge is 2.27. The zero-order valence-corrected chi connectivity index (χ0v) is 47.5. The fraction of sp³-hybridized carbons (Fsp3) is 0.302. The number of primary amides is 2. The van der Waals surface area contributed by atoms with Gasteiger partial charge in [0.25, 0.3) is 0 Å². The standard InChI is InChI=1S/C32H38N6O3.C31H36N6O4/c1-22(39)37(29(31(33)41)20-23-6-12-27(40)13-7-23)19-5-16-35-30-21-28(24-14-17-34-18-15-24)36-38(30)26-10-8-25(9-11-26)32(2,3)4;1-31(2,3)23-8-10-24(11-9-23)37-28(20-26(35-37)22-14-17-36(41)18-15-22)33-16-4-5-29(39)34-27(30(32)40)19-21-6-12-25(38)13-7-21/h6-15,17-18,21,29,35,40H,5,16,19-20H2,1-4H3,(H2,33,41);6-15,17-18,20,27,33,38H,4-5,16,19H2,1-3H3,(H2,32,40)(H,34,39)/t29-;27-/m00/s1. The number of aromatic hydroxyl groups is 2. The second kappa shape index (κ2) is 27.1. The van der Waals surface area contributed by atoms with Gasteiger partial charge in [0.2, 0.25) is 23.6 Å². The molecule has 0 unspecified atom stereocenters. The Morgan fingerprint density at radius 2 is 1.07 bits per heavy atom. The average molecular weight is 1110 g/mol.